The molecular weight excluding hydrogens is 436 g/mol. The second kappa shape index (κ2) is 7.85. The minimum absolute atomic E-state index is 0.0447. The van der Waals surface area contributed by atoms with E-state index in [1.807, 2.05) is 0 Å². The van der Waals surface area contributed by atoms with E-state index in [2.05, 4.69) is 5.32 Å². The summed E-state index contributed by atoms with van der Waals surface area (Å²) in [6.07, 6.45) is -4.74. The molecule has 3 rings (SSSR count). The van der Waals surface area contributed by atoms with E-state index in [-0.39, 0.29) is 21.3 Å². The summed E-state index contributed by atoms with van der Waals surface area (Å²) in [5.41, 5.74) is 0.511. The van der Waals surface area contributed by atoms with Crippen LogP contribution in [0.2, 0.25) is 15.1 Å². The van der Waals surface area contributed by atoms with Gasteiger partial charge in [0.2, 0.25) is 0 Å². The summed E-state index contributed by atoms with van der Waals surface area (Å²) in [5.74, 6) is -0.868. The van der Waals surface area contributed by atoms with Crippen LogP contribution in [0, 0.1) is 0 Å². The van der Waals surface area contributed by atoms with Crippen LogP contribution >= 0.6 is 34.8 Å². The van der Waals surface area contributed by atoms with Crippen molar-refractivity contribution in [2.75, 3.05) is 0 Å². The van der Waals surface area contributed by atoms with Crippen LogP contribution in [-0.4, -0.2) is 16.7 Å². The number of nitrogens with one attached hydrogen (secondary N) is 1. The number of hydrogen-bond donors (Lipinski definition) is 1. The molecule has 0 spiro atoms. The average Bonchev–Trinajstić information content (AvgIpc) is 2.95. The molecule has 0 bridgehead atoms. The Hall–Kier alpha value is -1.89. The van der Waals surface area contributed by atoms with Crippen molar-refractivity contribution in [2.24, 2.45) is 0 Å². The van der Waals surface area contributed by atoms with Crippen LogP contribution in [-0.2, 0) is 6.54 Å². The lowest BCUT2D eigenvalue weighted by Crippen LogP contribution is -2.38. The lowest BCUT2D eigenvalue weighted by molar-refractivity contribution is -0.155. The first-order valence-corrected chi connectivity index (χ1v) is 9.36. The van der Waals surface area contributed by atoms with E-state index in [1.54, 1.807) is 29.7 Å². The van der Waals surface area contributed by atoms with Gasteiger partial charge in [0, 0.05) is 27.0 Å². The maximum atomic E-state index is 13.7. The van der Waals surface area contributed by atoms with Gasteiger partial charge in [-0.05, 0) is 48.9 Å². The molecule has 1 aromatic heterocycles. The van der Waals surface area contributed by atoms with Gasteiger partial charge in [0.25, 0.3) is 5.91 Å². The molecule has 0 saturated heterocycles. The van der Waals surface area contributed by atoms with E-state index < -0.39 is 18.1 Å². The van der Waals surface area contributed by atoms with Gasteiger partial charge >= 0.3 is 6.18 Å². The maximum absolute atomic E-state index is 13.7. The number of alkyl halides is 3. The Morgan fingerprint density at radius 1 is 1.04 bits per heavy atom. The standard InChI is InChI=1S/C19H14Cl3F3N2O/c1-2-27-15-9-12(20)4-3-10(15)7-16(27)18(28)26-17(19(23,24)25)11-5-13(21)8-14(22)6-11/h3-9,17H,2H2,1H3,(H,26,28). The molecule has 0 aliphatic heterocycles. The summed E-state index contributed by atoms with van der Waals surface area (Å²) < 4.78 is 42.6. The Morgan fingerprint density at radius 3 is 2.25 bits per heavy atom. The zero-order chi connectivity index (χ0) is 20.6. The van der Waals surface area contributed by atoms with Crippen LogP contribution in [0.25, 0.3) is 10.9 Å². The lowest BCUT2D eigenvalue weighted by atomic mass is 10.1. The first-order chi connectivity index (χ1) is 13.1. The SMILES string of the molecule is CCn1c(C(=O)NC(c2cc(Cl)cc(Cl)c2)C(F)(F)F)cc2ccc(Cl)cc21. The van der Waals surface area contributed by atoms with Crippen LogP contribution in [0.5, 0.6) is 0 Å². The summed E-state index contributed by atoms with van der Waals surface area (Å²) in [4.78, 5) is 12.7. The molecule has 0 aliphatic carbocycles. The van der Waals surface area contributed by atoms with Crippen molar-refractivity contribution in [1.29, 1.82) is 0 Å². The molecule has 0 aliphatic rings. The van der Waals surface area contributed by atoms with Crippen LogP contribution in [0.4, 0.5) is 13.2 Å². The monoisotopic (exact) mass is 448 g/mol. The molecule has 1 N–H and O–H groups in total. The predicted molar refractivity (Wildman–Crippen MR) is 105 cm³/mol. The first kappa shape index (κ1) is 20.8. The third-order valence-electron chi connectivity index (χ3n) is 4.24. The maximum Gasteiger partial charge on any atom is 0.412 e. The number of carbonyl (C=O) groups is 1. The quantitative estimate of drug-likeness (QED) is 0.475. The van der Waals surface area contributed by atoms with Crippen LogP contribution in [0.1, 0.15) is 29.0 Å². The number of aromatic nitrogens is 1. The molecule has 148 valence electrons. The number of nitrogens with zero attached hydrogens (tertiary/aromatic N) is 1. The van der Waals surface area contributed by atoms with Crippen LogP contribution in [0.3, 0.4) is 0 Å². The number of benzene rings is 2. The molecule has 1 heterocycles. The summed E-state index contributed by atoms with van der Waals surface area (Å²) in [7, 11) is 0. The van der Waals surface area contributed by atoms with Gasteiger partial charge in [0.1, 0.15) is 5.69 Å². The topological polar surface area (TPSA) is 34.0 Å². The van der Waals surface area contributed by atoms with Gasteiger partial charge in [-0.3, -0.25) is 4.79 Å². The fraction of sp³-hybridized carbons (Fsp3) is 0.211. The highest BCUT2D eigenvalue weighted by Crippen LogP contribution is 2.35. The number of hydrogen-bond acceptors (Lipinski definition) is 1. The number of rotatable bonds is 4. The smallest absolute Gasteiger partial charge is 0.337 e. The highest BCUT2D eigenvalue weighted by molar-refractivity contribution is 6.34. The number of carbonyl (C=O) groups excluding carboxylic acids is 1. The fourth-order valence-electron chi connectivity index (χ4n) is 3.06. The van der Waals surface area contributed by atoms with Gasteiger partial charge in [-0.2, -0.15) is 13.2 Å². The van der Waals surface area contributed by atoms with Crippen molar-refractivity contribution in [3.63, 3.8) is 0 Å². The van der Waals surface area contributed by atoms with Crippen molar-refractivity contribution >= 4 is 51.6 Å². The van der Waals surface area contributed by atoms with Crippen molar-refractivity contribution in [3.8, 4) is 0 Å². The van der Waals surface area contributed by atoms with Crippen molar-refractivity contribution < 1.29 is 18.0 Å². The van der Waals surface area contributed by atoms with E-state index >= 15 is 0 Å². The molecule has 28 heavy (non-hydrogen) atoms. The predicted octanol–water partition coefficient (Wildman–Crippen LogP) is 6.65. The van der Waals surface area contributed by atoms with Crippen molar-refractivity contribution in [2.45, 2.75) is 25.7 Å². The van der Waals surface area contributed by atoms with Crippen LogP contribution < -0.4 is 5.32 Å². The molecule has 3 nitrogen and oxygen atoms in total. The number of amides is 1. The third-order valence-corrected chi connectivity index (χ3v) is 4.91. The summed E-state index contributed by atoms with van der Waals surface area (Å²) in [6, 6.07) is 7.86. The zero-order valence-electron chi connectivity index (χ0n) is 14.4. The molecule has 0 radical (unpaired) electrons. The minimum Gasteiger partial charge on any atom is -0.337 e. The molecule has 2 aromatic carbocycles. The largest absolute Gasteiger partial charge is 0.412 e. The molecule has 9 heteroatoms. The Bertz CT molecular complexity index is 1030. The zero-order valence-corrected chi connectivity index (χ0v) is 16.7. The fourth-order valence-corrected chi connectivity index (χ4v) is 3.77. The van der Waals surface area contributed by atoms with Gasteiger partial charge in [0.15, 0.2) is 6.04 Å². The Morgan fingerprint density at radius 2 is 1.68 bits per heavy atom. The summed E-state index contributed by atoms with van der Waals surface area (Å²) in [6.45, 7) is 2.17. The van der Waals surface area contributed by atoms with E-state index in [9.17, 15) is 18.0 Å². The van der Waals surface area contributed by atoms with Crippen LogP contribution in [0.15, 0.2) is 42.5 Å². The van der Waals surface area contributed by atoms with Gasteiger partial charge < -0.3 is 9.88 Å². The van der Waals surface area contributed by atoms with Gasteiger partial charge in [-0.15, -0.1) is 0 Å². The van der Waals surface area contributed by atoms with Gasteiger partial charge in [-0.25, -0.2) is 0 Å². The Labute approximate surface area is 174 Å². The Balaban J connectivity index is 2.02. The average molecular weight is 450 g/mol. The highest BCUT2D eigenvalue weighted by Gasteiger charge is 2.42. The molecule has 0 fully saturated rings. The molecular formula is C19H14Cl3F3N2O. The molecule has 0 saturated carbocycles. The van der Waals surface area contributed by atoms with Gasteiger partial charge in [-0.1, -0.05) is 40.9 Å². The number of fused-ring (bicyclic) bond motifs is 1. The number of halogens is 6. The van der Waals surface area contributed by atoms with E-state index in [0.29, 0.717) is 22.5 Å². The molecule has 1 unspecified atom stereocenters. The molecule has 1 atom stereocenters. The summed E-state index contributed by atoms with van der Waals surface area (Å²) >= 11 is 17.7. The van der Waals surface area contributed by atoms with Crippen molar-refractivity contribution in [1.82, 2.24) is 9.88 Å². The Kier molecular flexibility index (Phi) is 5.84. The minimum atomic E-state index is -4.74. The van der Waals surface area contributed by atoms with Gasteiger partial charge in [0.05, 0.1) is 5.52 Å². The first-order valence-electron chi connectivity index (χ1n) is 8.22. The lowest BCUT2D eigenvalue weighted by Gasteiger charge is -2.23. The molecule has 1 amide bonds. The number of aryl methyl sites for hydroxylation is 1. The third kappa shape index (κ3) is 4.24. The highest BCUT2D eigenvalue weighted by atomic mass is 35.5. The summed E-state index contributed by atoms with van der Waals surface area (Å²) in [5, 5.41) is 3.32. The second-order valence-electron chi connectivity index (χ2n) is 6.13. The van der Waals surface area contributed by atoms with Crippen molar-refractivity contribution in [3.05, 3.63) is 68.8 Å². The van der Waals surface area contributed by atoms with E-state index in [1.165, 1.54) is 12.1 Å². The normalized spacial score (nSPS) is 13.0. The van der Waals surface area contributed by atoms with E-state index in [0.717, 1.165) is 12.1 Å². The van der Waals surface area contributed by atoms with E-state index in [4.69, 9.17) is 34.8 Å². The molecule has 3 aromatic rings. The second-order valence-corrected chi connectivity index (χ2v) is 7.44.